The smallest absolute Gasteiger partial charge is 0.227 e. The van der Waals surface area contributed by atoms with Crippen LogP contribution in [0.2, 0.25) is 0 Å². The van der Waals surface area contributed by atoms with Gasteiger partial charge in [-0.1, -0.05) is 30.3 Å². The molecule has 0 unspecified atom stereocenters. The first-order valence-electron chi connectivity index (χ1n) is 8.03. The Morgan fingerprint density at radius 3 is 2.88 bits per heavy atom. The van der Waals surface area contributed by atoms with Gasteiger partial charge in [-0.25, -0.2) is 0 Å². The number of fused-ring (bicyclic) bond motifs is 1. The number of nitrogens with zero attached hydrogens (tertiary/aromatic N) is 1. The summed E-state index contributed by atoms with van der Waals surface area (Å²) in [4.78, 5) is 14.3. The minimum Gasteiger partial charge on any atom is -0.497 e. The van der Waals surface area contributed by atoms with E-state index in [0.29, 0.717) is 17.9 Å². The van der Waals surface area contributed by atoms with Gasteiger partial charge in [0.25, 0.3) is 0 Å². The zero-order valence-electron chi connectivity index (χ0n) is 13.7. The topological polar surface area (TPSA) is 46.6 Å². The summed E-state index contributed by atoms with van der Waals surface area (Å²) < 4.78 is 17.5. The number of ether oxygens (including phenoxy) is 1. The molecule has 5 heteroatoms. The van der Waals surface area contributed by atoms with Crippen molar-refractivity contribution < 1.29 is 13.7 Å². The fourth-order valence-corrected chi connectivity index (χ4v) is 4.05. The highest BCUT2D eigenvalue weighted by Gasteiger charge is 2.24. The van der Waals surface area contributed by atoms with Gasteiger partial charge in [0.2, 0.25) is 5.91 Å². The zero-order chi connectivity index (χ0) is 16.9. The molecular formula is C19H21NO3S. The minimum absolute atomic E-state index is 0.0546. The van der Waals surface area contributed by atoms with Crippen molar-refractivity contribution >= 4 is 22.4 Å². The molecule has 1 aliphatic rings. The van der Waals surface area contributed by atoms with Crippen molar-refractivity contribution in [2.75, 3.05) is 24.3 Å². The number of methoxy groups -OCH3 is 1. The van der Waals surface area contributed by atoms with E-state index in [4.69, 9.17) is 4.74 Å². The molecule has 0 N–H and O–H groups in total. The second kappa shape index (κ2) is 7.62. The van der Waals surface area contributed by atoms with Gasteiger partial charge >= 0.3 is 0 Å². The van der Waals surface area contributed by atoms with E-state index in [-0.39, 0.29) is 5.91 Å². The van der Waals surface area contributed by atoms with Crippen LogP contribution in [0.4, 0.5) is 5.69 Å². The largest absolute Gasteiger partial charge is 0.497 e. The first kappa shape index (κ1) is 16.7. The van der Waals surface area contributed by atoms with Gasteiger partial charge in [-0.3, -0.25) is 9.00 Å². The summed E-state index contributed by atoms with van der Waals surface area (Å²) in [6, 6.07) is 15.5. The van der Waals surface area contributed by atoms with E-state index in [1.807, 2.05) is 47.4 Å². The van der Waals surface area contributed by atoms with Gasteiger partial charge in [0.15, 0.2) is 0 Å². The van der Waals surface area contributed by atoms with Crippen LogP contribution in [0.3, 0.4) is 0 Å². The summed E-state index contributed by atoms with van der Waals surface area (Å²) in [6.45, 7) is 0.723. The van der Waals surface area contributed by atoms with Gasteiger partial charge in [0, 0.05) is 41.0 Å². The van der Waals surface area contributed by atoms with Crippen molar-refractivity contribution in [1.82, 2.24) is 0 Å². The zero-order valence-corrected chi connectivity index (χ0v) is 14.6. The number of carbonyl (C=O) groups excluding carboxylic acids is 1. The summed E-state index contributed by atoms with van der Waals surface area (Å²) in [6.07, 6.45) is 1.21. The van der Waals surface area contributed by atoms with Crippen molar-refractivity contribution in [2.24, 2.45) is 0 Å². The number of para-hydroxylation sites is 1. The lowest BCUT2D eigenvalue weighted by atomic mass is 10.2. The highest BCUT2D eigenvalue weighted by Crippen LogP contribution is 2.27. The number of anilines is 1. The molecule has 0 bridgehead atoms. The third-order valence-corrected chi connectivity index (χ3v) is 5.51. The Labute approximate surface area is 144 Å². The molecule has 0 radical (unpaired) electrons. The second-order valence-electron chi connectivity index (χ2n) is 5.81. The fourth-order valence-electron chi connectivity index (χ4n) is 2.95. The van der Waals surface area contributed by atoms with Crippen LogP contribution >= 0.6 is 0 Å². The molecule has 3 rings (SSSR count). The van der Waals surface area contributed by atoms with Gasteiger partial charge < -0.3 is 9.64 Å². The lowest BCUT2D eigenvalue weighted by Crippen LogP contribution is -2.29. The normalized spacial score (nSPS) is 14.3. The summed E-state index contributed by atoms with van der Waals surface area (Å²) in [7, 11) is 0.551. The maximum absolute atomic E-state index is 12.4. The number of amides is 1. The average molecular weight is 343 g/mol. The van der Waals surface area contributed by atoms with Crippen LogP contribution in [0.25, 0.3) is 0 Å². The number of hydrogen-bond donors (Lipinski definition) is 0. The summed E-state index contributed by atoms with van der Waals surface area (Å²) in [5.41, 5.74) is 3.18. The first-order chi connectivity index (χ1) is 11.7. The van der Waals surface area contributed by atoms with E-state index in [0.717, 1.165) is 30.0 Å². The summed E-state index contributed by atoms with van der Waals surface area (Å²) in [5, 5.41) is 0. The molecule has 2 aromatic carbocycles. The van der Waals surface area contributed by atoms with Gasteiger partial charge in [-0.05, 0) is 35.7 Å². The van der Waals surface area contributed by atoms with Crippen LogP contribution in [0.5, 0.6) is 5.75 Å². The summed E-state index contributed by atoms with van der Waals surface area (Å²) in [5.74, 6) is 1.64. The standard InChI is InChI=1S/C19H21NO3S/c1-23-17-7-4-5-15(13-17)14-24(22)12-10-19(21)20-11-9-16-6-2-3-8-18(16)20/h2-8,13H,9-12,14H2,1H3/t24-/m0/s1. The molecule has 1 atom stereocenters. The molecule has 2 aromatic rings. The monoisotopic (exact) mass is 343 g/mol. The van der Waals surface area contributed by atoms with Crippen LogP contribution in [0, 0.1) is 0 Å². The third kappa shape index (κ3) is 3.85. The Hall–Kier alpha value is -2.14. The average Bonchev–Trinajstić information content (AvgIpc) is 3.04. The van der Waals surface area contributed by atoms with Crippen molar-refractivity contribution in [1.29, 1.82) is 0 Å². The lowest BCUT2D eigenvalue weighted by Gasteiger charge is -2.17. The molecule has 0 aromatic heterocycles. The van der Waals surface area contributed by atoms with Crippen molar-refractivity contribution in [3.05, 3.63) is 59.7 Å². The molecule has 0 spiro atoms. The number of hydrogen-bond acceptors (Lipinski definition) is 3. The van der Waals surface area contributed by atoms with Crippen LogP contribution in [0.15, 0.2) is 48.5 Å². The van der Waals surface area contributed by atoms with Gasteiger partial charge in [-0.15, -0.1) is 0 Å². The van der Waals surface area contributed by atoms with Crippen LogP contribution in [-0.2, 0) is 27.8 Å². The van der Waals surface area contributed by atoms with E-state index < -0.39 is 10.8 Å². The quantitative estimate of drug-likeness (QED) is 0.810. The number of benzene rings is 2. The SMILES string of the molecule is COc1cccc(C[S@@](=O)CCC(=O)N2CCc3ccccc32)c1. The predicted molar refractivity (Wildman–Crippen MR) is 96.8 cm³/mol. The molecule has 0 fully saturated rings. The van der Waals surface area contributed by atoms with E-state index in [1.165, 1.54) is 5.56 Å². The Bertz CT molecular complexity index is 760. The molecule has 1 heterocycles. The molecule has 1 aliphatic heterocycles. The van der Waals surface area contributed by atoms with Gasteiger partial charge in [0.05, 0.1) is 7.11 Å². The molecule has 126 valence electrons. The van der Waals surface area contributed by atoms with Crippen molar-refractivity contribution in [2.45, 2.75) is 18.6 Å². The van der Waals surface area contributed by atoms with Crippen LogP contribution < -0.4 is 9.64 Å². The van der Waals surface area contributed by atoms with E-state index >= 15 is 0 Å². The molecule has 1 amide bonds. The van der Waals surface area contributed by atoms with Gasteiger partial charge in [0.1, 0.15) is 5.75 Å². The fraction of sp³-hybridized carbons (Fsp3) is 0.316. The second-order valence-corrected chi connectivity index (χ2v) is 7.39. The molecule has 4 nitrogen and oxygen atoms in total. The van der Waals surface area contributed by atoms with Crippen LogP contribution in [-0.4, -0.2) is 29.5 Å². The molecule has 0 saturated heterocycles. The van der Waals surface area contributed by atoms with E-state index in [9.17, 15) is 9.00 Å². The lowest BCUT2D eigenvalue weighted by molar-refractivity contribution is -0.118. The molecular weight excluding hydrogens is 322 g/mol. The van der Waals surface area contributed by atoms with Gasteiger partial charge in [-0.2, -0.15) is 0 Å². The van der Waals surface area contributed by atoms with Crippen molar-refractivity contribution in [3.8, 4) is 5.75 Å². The Kier molecular flexibility index (Phi) is 5.30. The Balaban J connectivity index is 1.54. The number of carbonyl (C=O) groups is 1. The molecule has 0 saturated carbocycles. The highest BCUT2D eigenvalue weighted by molar-refractivity contribution is 7.84. The Morgan fingerprint density at radius 2 is 2.04 bits per heavy atom. The van der Waals surface area contributed by atoms with E-state index in [2.05, 4.69) is 6.07 Å². The highest BCUT2D eigenvalue weighted by atomic mass is 32.2. The maximum Gasteiger partial charge on any atom is 0.227 e. The van der Waals surface area contributed by atoms with E-state index in [1.54, 1.807) is 7.11 Å². The summed E-state index contributed by atoms with van der Waals surface area (Å²) >= 11 is 0. The molecule has 24 heavy (non-hydrogen) atoms. The third-order valence-electron chi connectivity index (χ3n) is 4.19. The van der Waals surface area contributed by atoms with Crippen molar-refractivity contribution in [3.63, 3.8) is 0 Å². The number of rotatable bonds is 6. The van der Waals surface area contributed by atoms with Crippen LogP contribution in [0.1, 0.15) is 17.5 Å². The first-order valence-corrected chi connectivity index (χ1v) is 9.52. The minimum atomic E-state index is -1.06. The molecule has 0 aliphatic carbocycles. The maximum atomic E-state index is 12.4. The predicted octanol–water partition coefficient (Wildman–Crippen LogP) is 2.92. The Morgan fingerprint density at radius 1 is 1.21 bits per heavy atom.